The Bertz CT molecular complexity index is 2110. The standard InChI is InChI=1S/C32H41F5O4.C22H26/c1-30(24-12-14-25(38)15-13-24)20-18-23-21-26(39)16-17-27(23)28(30)11-7-5-3-2-4-6-9-22(29(40)41)10-8-19-31(33,34)32(35,36)37;1-5-6-21-20-12-9-17(3)15-18(20)13-14-22(21,4)19-10-7-16(2)8-11-19/h12-17,21-22,28,38-39H,2-11,18-20H2,1H3,(H,40,41);5,7-12,15,21H,1,6,13-14H2,2-4H3/t22?,28-,30+;21-,22+/m11/s1. The summed E-state index contributed by atoms with van der Waals surface area (Å²) in [7, 11) is 0. The zero-order valence-electron chi connectivity index (χ0n) is 37.6. The van der Waals surface area contributed by atoms with Crippen LogP contribution in [0.15, 0.2) is 97.6 Å². The first-order valence-corrected chi connectivity index (χ1v) is 22.8. The minimum absolute atomic E-state index is 0.117. The van der Waals surface area contributed by atoms with Gasteiger partial charge in [-0.1, -0.05) is 130 Å². The molecule has 0 fully saturated rings. The van der Waals surface area contributed by atoms with Crippen LogP contribution in [0.3, 0.4) is 0 Å². The number of allylic oxidation sites excluding steroid dienone is 1. The van der Waals surface area contributed by atoms with E-state index in [0.29, 0.717) is 12.3 Å². The maximum Gasteiger partial charge on any atom is 0.453 e. The van der Waals surface area contributed by atoms with Gasteiger partial charge in [-0.05, 0) is 152 Å². The molecule has 0 aliphatic heterocycles. The number of fused-ring (bicyclic) bond motifs is 2. The topological polar surface area (TPSA) is 77.8 Å². The molecule has 63 heavy (non-hydrogen) atoms. The Morgan fingerprint density at radius 3 is 1.78 bits per heavy atom. The van der Waals surface area contributed by atoms with Gasteiger partial charge in [0.15, 0.2) is 0 Å². The molecule has 0 spiro atoms. The first-order valence-electron chi connectivity index (χ1n) is 22.8. The average molecular weight is 875 g/mol. The Labute approximate surface area is 371 Å². The predicted molar refractivity (Wildman–Crippen MR) is 243 cm³/mol. The maximum absolute atomic E-state index is 13.1. The van der Waals surface area contributed by atoms with Crippen molar-refractivity contribution in [1.82, 2.24) is 0 Å². The number of hydrogen-bond donors (Lipinski definition) is 3. The molecule has 0 bridgehead atoms. The monoisotopic (exact) mass is 874 g/mol. The molecule has 1 unspecified atom stereocenters. The molecule has 0 radical (unpaired) electrons. The number of benzene rings is 4. The number of phenols is 2. The summed E-state index contributed by atoms with van der Waals surface area (Å²) < 4.78 is 63.2. The number of halogens is 5. The first-order chi connectivity index (χ1) is 29.8. The van der Waals surface area contributed by atoms with E-state index in [1.165, 1.54) is 57.3 Å². The second-order valence-corrected chi connectivity index (χ2v) is 18.8. The van der Waals surface area contributed by atoms with Crippen molar-refractivity contribution in [3.05, 3.63) is 142 Å². The van der Waals surface area contributed by atoms with Gasteiger partial charge in [-0.2, -0.15) is 22.0 Å². The molecule has 0 saturated heterocycles. The maximum atomic E-state index is 13.1. The van der Waals surface area contributed by atoms with Crippen molar-refractivity contribution in [1.29, 1.82) is 0 Å². The third-order valence-corrected chi connectivity index (χ3v) is 14.3. The Balaban J connectivity index is 0.000000284. The molecule has 342 valence electrons. The van der Waals surface area contributed by atoms with Crippen molar-refractivity contribution in [2.24, 2.45) is 5.92 Å². The van der Waals surface area contributed by atoms with Crippen LogP contribution in [-0.4, -0.2) is 33.4 Å². The van der Waals surface area contributed by atoms with E-state index in [4.69, 9.17) is 0 Å². The number of carbonyl (C=O) groups is 1. The molecule has 0 saturated carbocycles. The van der Waals surface area contributed by atoms with Gasteiger partial charge in [-0.3, -0.25) is 4.79 Å². The Hall–Kier alpha value is -4.66. The number of aromatic hydroxyl groups is 2. The van der Waals surface area contributed by atoms with Crippen LogP contribution in [0, 0.1) is 19.8 Å². The molecule has 6 rings (SSSR count). The molecule has 5 atom stereocenters. The van der Waals surface area contributed by atoms with E-state index in [0.717, 1.165) is 57.8 Å². The number of alkyl halides is 5. The summed E-state index contributed by atoms with van der Waals surface area (Å²) >= 11 is 0. The summed E-state index contributed by atoms with van der Waals surface area (Å²) in [5.74, 6) is -5.60. The molecular weight excluding hydrogens is 808 g/mol. The van der Waals surface area contributed by atoms with Gasteiger partial charge in [0.25, 0.3) is 0 Å². The summed E-state index contributed by atoms with van der Waals surface area (Å²) in [5.41, 5.74) is 10.9. The average Bonchev–Trinajstić information content (AvgIpc) is 3.23. The number of carboxylic acid groups (broad SMARTS) is 1. The minimum Gasteiger partial charge on any atom is -0.508 e. The highest BCUT2D eigenvalue weighted by molar-refractivity contribution is 5.69. The van der Waals surface area contributed by atoms with Gasteiger partial charge in [0.1, 0.15) is 11.5 Å². The number of hydrogen-bond acceptors (Lipinski definition) is 3. The zero-order valence-corrected chi connectivity index (χ0v) is 37.6. The van der Waals surface area contributed by atoms with Gasteiger partial charge in [0.2, 0.25) is 0 Å². The Morgan fingerprint density at radius 1 is 0.683 bits per heavy atom. The summed E-state index contributed by atoms with van der Waals surface area (Å²) in [4.78, 5) is 11.4. The van der Waals surface area contributed by atoms with Crippen LogP contribution in [0.2, 0.25) is 0 Å². The fourth-order valence-corrected chi connectivity index (χ4v) is 10.3. The second kappa shape index (κ2) is 21.3. The van der Waals surface area contributed by atoms with E-state index in [2.05, 4.69) is 82.8 Å². The second-order valence-electron chi connectivity index (χ2n) is 18.8. The van der Waals surface area contributed by atoms with Crippen molar-refractivity contribution >= 4 is 5.97 Å². The van der Waals surface area contributed by atoms with Gasteiger partial charge in [-0.15, -0.1) is 6.58 Å². The van der Waals surface area contributed by atoms with Crippen LogP contribution in [0.4, 0.5) is 22.0 Å². The van der Waals surface area contributed by atoms with Crippen molar-refractivity contribution in [2.45, 2.75) is 165 Å². The van der Waals surface area contributed by atoms with Crippen LogP contribution in [0.5, 0.6) is 11.5 Å². The molecule has 0 amide bonds. The molecule has 0 aromatic heterocycles. The van der Waals surface area contributed by atoms with Gasteiger partial charge in [-0.25, -0.2) is 0 Å². The smallest absolute Gasteiger partial charge is 0.453 e. The van der Waals surface area contributed by atoms with E-state index in [-0.39, 0.29) is 41.1 Å². The van der Waals surface area contributed by atoms with Crippen LogP contribution in [0.25, 0.3) is 0 Å². The molecular formula is C54H67F5O4. The van der Waals surface area contributed by atoms with Crippen molar-refractivity contribution in [3.8, 4) is 11.5 Å². The third-order valence-electron chi connectivity index (χ3n) is 14.3. The van der Waals surface area contributed by atoms with Gasteiger partial charge in [0.05, 0.1) is 5.92 Å². The normalized spacial score (nSPS) is 21.3. The van der Waals surface area contributed by atoms with Crippen molar-refractivity contribution in [3.63, 3.8) is 0 Å². The minimum atomic E-state index is -5.61. The van der Waals surface area contributed by atoms with Crippen molar-refractivity contribution in [2.75, 3.05) is 0 Å². The van der Waals surface area contributed by atoms with Crippen LogP contribution >= 0.6 is 0 Å². The van der Waals surface area contributed by atoms with E-state index < -0.39 is 36.8 Å². The van der Waals surface area contributed by atoms with Crippen LogP contribution in [0.1, 0.15) is 160 Å². The van der Waals surface area contributed by atoms with Crippen LogP contribution in [-0.2, 0) is 28.5 Å². The quantitative estimate of drug-likeness (QED) is 0.0529. The van der Waals surface area contributed by atoms with Gasteiger partial charge < -0.3 is 15.3 Å². The Kier molecular flexibility index (Phi) is 16.7. The highest BCUT2D eigenvalue weighted by Crippen LogP contribution is 2.51. The van der Waals surface area contributed by atoms with Gasteiger partial charge >= 0.3 is 18.1 Å². The zero-order chi connectivity index (χ0) is 46.0. The molecule has 3 N–H and O–H groups in total. The fourth-order valence-electron chi connectivity index (χ4n) is 10.3. The summed E-state index contributed by atoms with van der Waals surface area (Å²) in [6, 6.07) is 29.2. The summed E-state index contributed by atoms with van der Waals surface area (Å²) in [5, 5.41) is 29.1. The van der Waals surface area contributed by atoms with E-state index in [9.17, 15) is 42.1 Å². The first kappa shape index (κ1) is 49.4. The largest absolute Gasteiger partial charge is 0.508 e. The number of aryl methyl sites for hydroxylation is 4. The molecule has 4 aromatic carbocycles. The third kappa shape index (κ3) is 12.3. The predicted octanol–water partition coefficient (Wildman–Crippen LogP) is 15.1. The molecule has 0 heterocycles. The lowest BCUT2D eigenvalue weighted by molar-refractivity contribution is -0.284. The highest BCUT2D eigenvalue weighted by Gasteiger charge is 2.56. The number of carboxylic acids is 1. The SMILES string of the molecule is C=CC[C@@H]1c2ccc(C)cc2CC[C@@]1(C)c1ccc(C)cc1.C[C@@]1(c2ccc(O)cc2)CCc2cc(O)ccc2[C@H]1CCCCCCCCC(CCCC(F)(F)C(F)(F)F)C(=O)O. The number of unbranched alkanes of at least 4 members (excludes halogenated alkanes) is 5. The number of rotatable bonds is 18. The number of aliphatic carboxylic acids is 1. The van der Waals surface area contributed by atoms with E-state index in [1.807, 2.05) is 24.3 Å². The molecule has 4 nitrogen and oxygen atoms in total. The lowest BCUT2D eigenvalue weighted by Crippen LogP contribution is -2.36. The summed E-state index contributed by atoms with van der Waals surface area (Å²) in [6.07, 6.45) is 6.05. The van der Waals surface area contributed by atoms with Crippen molar-refractivity contribution < 1.29 is 42.1 Å². The molecule has 2 aliphatic rings. The lowest BCUT2D eigenvalue weighted by atomic mass is 9.60. The molecule has 2 aliphatic carbocycles. The highest BCUT2D eigenvalue weighted by atomic mass is 19.4. The van der Waals surface area contributed by atoms with Crippen LogP contribution < -0.4 is 0 Å². The van der Waals surface area contributed by atoms with Gasteiger partial charge in [0, 0.05) is 6.42 Å². The van der Waals surface area contributed by atoms with E-state index >= 15 is 0 Å². The lowest BCUT2D eigenvalue weighted by Gasteiger charge is -2.43. The molecule has 9 heteroatoms. The summed E-state index contributed by atoms with van der Waals surface area (Å²) in [6.45, 7) is 13.1. The molecule has 4 aromatic rings. The van der Waals surface area contributed by atoms with E-state index in [1.54, 1.807) is 18.2 Å². The number of phenolic OH excluding ortho intramolecular Hbond substituents is 2. The fraction of sp³-hybridized carbons (Fsp3) is 0.500. The Morgan fingerprint density at radius 2 is 1.17 bits per heavy atom.